The lowest BCUT2D eigenvalue weighted by Crippen LogP contribution is -2.17. The molecule has 0 bridgehead atoms. The molecule has 3 aromatic rings. The van der Waals surface area contributed by atoms with Gasteiger partial charge in [-0.05, 0) is 43.3 Å². The summed E-state index contributed by atoms with van der Waals surface area (Å²) < 4.78 is 72.0. The number of benzene rings is 1. The quantitative estimate of drug-likeness (QED) is 0.484. The van der Waals surface area contributed by atoms with Crippen LogP contribution in [-0.2, 0) is 10.9 Å². The van der Waals surface area contributed by atoms with Crippen LogP contribution in [0.3, 0.4) is 0 Å². The number of pyridine rings is 2. The van der Waals surface area contributed by atoms with Gasteiger partial charge in [0.1, 0.15) is 17.3 Å². The summed E-state index contributed by atoms with van der Waals surface area (Å²) in [4.78, 5) is 19.1. The number of fused-ring (bicyclic) bond motifs is 1. The molecule has 0 spiro atoms. The van der Waals surface area contributed by atoms with Crippen LogP contribution in [0.4, 0.5) is 22.0 Å². The number of nitrogens with zero attached hydrogens (tertiary/aromatic N) is 2. The van der Waals surface area contributed by atoms with Gasteiger partial charge in [-0.3, -0.25) is 0 Å². The van der Waals surface area contributed by atoms with E-state index in [0.29, 0.717) is 0 Å². The van der Waals surface area contributed by atoms with Gasteiger partial charge in [-0.25, -0.2) is 23.5 Å². The van der Waals surface area contributed by atoms with E-state index in [0.717, 1.165) is 24.3 Å². The molecule has 1 aromatic carbocycles. The standard InChI is InChI=1S/C18H11F5N2O2/c1-2-27-17(26)12-7-10-8-13(20)14(9-3-5-11(19)6-4-9)24-16(10)25-15(12)18(21,22)23/h3-8H,2H2,1H3. The summed E-state index contributed by atoms with van der Waals surface area (Å²) in [5.41, 5.74) is -2.83. The van der Waals surface area contributed by atoms with Crippen LogP contribution < -0.4 is 0 Å². The molecule has 9 heteroatoms. The van der Waals surface area contributed by atoms with E-state index >= 15 is 0 Å². The second-order valence-corrected chi connectivity index (χ2v) is 5.48. The monoisotopic (exact) mass is 382 g/mol. The van der Waals surface area contributed by atoms with E-state index in [9.17, 15) is 26.7 Å². The highest BCUT2D eigenvalue weighted by Gasteiger charge is 2.38. The van der Waals surface area contributed by atoms with Crippen molar-refractivity contribution in [2.24, 2.45) is 0 Å². The normalized spacial score (nSPS) is 11.6. The molecule has 0 aliphatic heterocycles. The summed E-state index contributed by atoms with van der Waals surface area (Å²) in [6.45, 7) is 1.31. The summed E-state index contributed by atoms with van der Waals surface area (Å²) in [6, 6.07) is 6.37. The number of hydrogen-bond donors (Lipinski definition) is 0. The Kier molecular flexibility index (Phi) is 4.77. The van der Waals surface area contributed by atoms with Gasteiger partial charge in [0.05, 0.1) is 12.2 Å². The summed E-state index contributed by atoms with van der Waals surface area (Å²) in [5, 5.41) is -0.102. The van der Waals surface area contributed by atoms with E-state index in [1.807, 2.05) is 0 Å². The molecule has 0 amide bonds. The Balaban J connectivity index is 2.23. The molecule has 0 fully saturated rings. The van der Waals surface area contributed by atoms with Gasteiger partial charge < -0.3 is 4.74 Å². The van der Waals surface area contributed by atoms with E-state index in [4.69, 9.17) is 0 Å². The first-order valence-electron chi connectivity index (χ1n) is 7.72. The van der Waals surface area contributed by atoms with E-state index in [2.05, 4.69) is 14.7 Å². The number of rotatable bonds is 3. The second kappa shape index (κ2) is 6.90. The molecule has 4 nitrogen and oxygen atoms in total. The summed E-state index contributed by atoms with van der Waals surface area (Å²) in [7, 11) is 0. The van der Waals surface area contributed by atoms with Crippen molar-refractivity contribution in [2.75, 3.05) is 6.61 Å². The Hall–Kier alpha value is -3.10. The maximum absolute atomic E-state index is 14.4. The fourth-order valence-electron chi connectivity index (χ4n) is 2.47. The number of carbonyl (C=O) groups is 1. The number of alkyl halides is 3. The zero-order valence-electron chi connectivity index (χ0n) is 13.8. The van der Waals surface area contributed by atoms with Crippen molar-refractivity contribution < 1.29 is 31.5 Å². The maximum Gasteiger partial charge on any atom is 0.434 e. The highest BCUT2D eigenvalue weighted by Crippen LogP contribution is 2.33. The van der Waals surface area contributed by atoms with Crippen molar-refractivity contribution in [2.45, 2.75) is 13.1 Å². The van der Waals surface area contributed by atoms with Crippen LogP contribution in [0.1, 0.15) is 23.0 Å². The minimum Gasteiger partial charge on any atom is -0.462 e. The minimum absolute atomic E-state index is 0.102. The van der Waals surface area contributed by atoms with Crippen molar-refractivity contribution in [3.05, 3.63) is 59.3 Å². The van der Waals surface area contributed by atoms with E-state index in [1.165, 1.54) is 19.1 Å². The first-order valence-corrected chi connectivity index (χ1v) is 7.72. The summed E-state index contributed by atoms with van der Waals surface area (Å²) in [6.07, 6.45) is -4.94. The van der Waals surface area contributed by atoms with Gasteiger partial charge in [0.2, 0.25) is 0 Å². The Morgan fingerprint density at radius 3 is 2.33 bits per heavy atom. The first-order chi connectivity index (χ1) is 12.7. The Labute approximate surface area is 149 Å². The molecular formula is C18H11F5N2O2. The van der Waals surface area contributed by atoms with Crippen molar-refractivity contribution in [1.82, 2.24) is 9.97 Å². The zero-order chi connectivity index (χ0) is 19.8. The molecular weight excluding hydrogens is 371 g/mol. The van der Waals surface area contributed by atoms with Gasteiger partial charge in [0, 0.05) is 10.9 Å². The Morgan fingerprint density at radius 2 is 1.74 bits per heavy atom. The molecule has 140 valence electrons. The average molecular weight is 382 g/mol. The van der Waals surface area contributed by atoms with Crippen LogP contribution in [0.15, 0.2) is 36.4 Å². The fraction of sp³-hybridized carbons (Fsp3) is 0.167. The zero-order valence-corrected chi connectivity index (χ0v) is 13.8. The molecule has 0 N–H and O–H groups in total. The predicted molar refractivity (Wildman–Crippen MR) is 85.8 cm³/mol. The maximum atomic E-state index is 14.4. The highest BCUT2D eigenvalue weighted by molar-refractivity contribution is 5.95. The molecule has 0 radical (unpaired) electrons. The van der Waals surface area contributed by atoms with Crippen LogP contribution in [0.5, 0.6) is 0 Å². The van der Waals surface area contributed by atoms with Gasteiger partial charge >= 0.3 is 12.1 Å². The lowest BCUT2D eigenvalue weighted by Gasteiger charge is -2.13. The summed E-state index contributed by atoms with van der Waals surface area (Å²) in [5.74, 6) is -2.63. The predicted octanol–water partition coefficient (Wildman–Crippen LogP) is 4.77. The van der Waals surface area contributed by atoms with Crippen LogP contribution in [0.25, 0.3) is 22.3 Å². The van der Waals surface area contributed by atoms with Crippen molar-refractivity contribution in [1.29, 1.82) is 0 Å². The van der Waals surface area contributed by atoms with Crippen molar-refractivity contribution in [3.8, 4) is 11.3 Å². The number of ether oxygens (including phenoxy) is 1. The van der Waals surface area contributed by atoms with Crippen LogP contribution in [0, 0.1) is 11.6 Å². The molecule has 3 rings (SSSR count). The number of esters is 1. The topological polar surface area (TPSA) is 52.1 Å². The number of hydrogen-bond acceptors (Lipinski definition) is 4. The largest absolute Gasteiger partial charge is 0.462 e. The fourth-order valence-corrected chi connectivity index (χ4v) is 2.47. The van der Waals surface area contributed by atoms with Gasteiger partial charge in [0.25, 0.3) is 0 Å². The molecule has 0 saturated carbocycles. The lowest BCUT2D eigenvalue weighted by molar-refractivity contribution is -0.141. The molecule has 0 aliphatic carbocycles. The van der Waals surface area contributed by atoms with Gasteiger partial charge in [0.15, 0.2) is 11.3 Å². The Bertz CT molecular complexity index is 1020. The molecule has 0 atom stereocenters. The smallest absolute Gasteiger partial charge is 0.434 e. The van der Waals surface area contributed by atoms with Gasteiger partial charge in [-0.2, -0.15) is 13.2 Å². The first kappa shape index (κ1) is 18.7. The van der Waals surface area contributed by atoms with E-state index in [-0.39, 0.29) is 23.3 Å². The van der Waals surface area contributed by atoms with Crippen molar-refractivity contribution in [3.63, 3.8) is 0 Å². The molecule has 2 aromatic heterocycles. The van der Waals surface area contributed by atoms with Crippen molar-refractivity contribution >= 4 is 17.0 Å². The third-order valence-electron chi connectivity index (χ3n) is 3.64. The minimum atomic E-state index is -4.94. The van der Waals surface area contributed by atoms with Gasteiger partial charge in [-0.1, -0.05) is 0 Å². The van der Waals surface area contributed by atoms with Crippen LogP contribution >= 0.6 is 0 Å². The second-order valence-electron chi connectivity index (χ2n) is 5.48. The van der Waals surface area contributed by atoms with Gasteiger partial charge in [-0.15, -0.1) is 0 Å². The molecule has 0 aliphatic rings. The molecule has 0 saturated heterocycles. The van der Waals surface area contributed by atoms with Crippen LogP contribution in [0.2, 0.25) is 0 Å². The highest BCUT2D eigenvalue weighted by atomic mass is 19.4. The number of halogens is 5. The SMILES string of the molecule is CCOC(=O)c1cc2cc(F)c(-c3ccc(F)cc3)nc2nc1C(F)(F)F. The van der Waals surface area contributed by atoms with E-state index in [1.54, 1.807) is 0 Å². The van der Waals surface area contributed by atoms with Crippen LogP contribution in [-0.4, -0.2) is 22.5 Å². The number of aromatic nitrogens is 2. The molecule has 0 unspecified atom stereocenters. The van der Waals surface area contributed by atoms with E-state index < -0.39 is 40.7 Å². The molecule has 27 heavy (non-hydrogen) atoms. The Morgan fingerprint density at radius 1 is 1.07 bits per heavy atom. The third kappa shape index (κ3) is 3.71. The lowest BCUT2D eigenvalue weighted by atomic mass is 10.1. The molecule has 2 heterocycles. The number of carbonyl (C=O) groups excluding carboxylic acids is 1. The summed E-state index contributed by atoms with van der Waals surface area (Å²) >= 11 is 0. The average Bonchev–Trinajstić information content (AvgIpc) is 2.60. The third-order valence-corrected chi connectivity index (χ3v) is 3.64.